The first kappa shape index (κ1) is 16.3. The predicted octanol–water partition coefficient (Wildman–Crippen LogP) is 5.18. The number of hydrogen-bond acceptors (Lipinski definition) is 1. The second-order valence-electron chi connectivity index (χ2n) is 6.34. The Bertz CT molecular complexity index is 528. The molecule has 1 aliphatic rings. The molecule has 0 spiro atoms. The first-order valence-electron chi connectivity index (χ1n) is 7.59. The minimum atomic E-state index is -1.11. The number of hydrogen-bond donors (Lipinski definition) is 1. The molecule has 0 bridgehead atoms. The van der Waals surface area contributed by atoms with Crippen molar-refractivity contribution in [2.75, 3.05) is 0 Å². The fourth-order valence-corrected chi connectivity index (χ4v) is 4.27. The van der Waals surface area contributed by atoms with E-state index in [4.69, 9.17) is 11.6 Å². The van der Waals surface area contributed by atoms with Crippen LogP contribution in [0.1, 0.15) is 57.9 Å². The SMILES string of the molecule is CCCC1(CCC)CC(C(=O)O)(c2cccc(Cl)c2F)C1. The molecule has 1 aliphatic carbocycles. The Labute approximate surface area is 130 Å². The molecule has 2 nitrogen and oxygen atoms in total. The number of benzene rings is 1. The summed E-state index contributed by atoms with van der Waals surface area (Å²) in [5.74, 6) is -1.52. The van der Waals surface area contributed by atoms with Gasteiger partial charge in [0.15, 0.2) is 0 Å². The fraction of sp³-hybridized carbons (Fsp3) is 0.588. The lowest BCUT2D eigenvalue weighted by atomic mass is 9.48. The van der Waals surface area contributed by atoms with E-state index in [0.717, 1.165) is 25.7 Å². The average molecular weight is 313 g/mol. The van der Waals surface area contributed by atoms with Crippen LogP contribution in [-0.4, -0.2) is 11.1 Å². The van der Waals surface area contributed by atoms with Gasteiger partial charge in [0.2, 0.25) is 0 Å². The van der Waals surface area contributed by atoms with E-state index in [-0.39, 0.29) is 16.0 Å². The number of carbonyl (C=O) groups is 1. The molecular weight excluding hydrogens is 291 g/mol. The highest BCUT2D eigenvalue weighted by atomic mass is 35.5. The molecule has 0 amide bonds. The van der Waals surface area contributed by atoms with Crippen molar-refractivity contribution >= 4 is 17.6 Å². The van der Waals surface area contributed by atoms with Gasteiger partial charge in [0.25, 0.3) is 0 Å². The van der Waals surface area contributed by atoms with Gasteiger partial charge in [0.05, 0.1) is 10.4 Å². The van der Waals surface area contributed by atoms with Crippen LogP contribution in [0.4, 0.5) is 4.39 Å². The first-order valence-corrected chi connectivity index (χ1v) is 7.96. The zero-order valence-electron chi connectivity index (χ0n) is 12.6. The summed E-state index contributed by atoms with van der Waals surface area (Å²) in [6, 6.07) is 4.65. The summed E-state index contributed by atoms with van der Waals surface area (Å²) >= 11 is 5.83. The van der Waals surface area contributed by atoms with Crippen LogP contribution in [0, 0.1) is 11.2 Å². The van der Waals surface area contributed by atoms with Crippen molar-refractivity contribution in [3.8, 4) is 0 Å². The minimum Gasteiger partial charge on any atom is -0.481 e. The van der Waals surface area contributed by atoms with Crippen molar-refractivity contribution < 1.29 is 14.3 Å². The summed E-state index contributed by atoms with van der Waals surface area (Å²) in [5.41, 5.74) is -0.832. The van der Waals surface area contributed by atoms with Crippen LogP contribution in [0.2, 0.25) is 5.02 Å². The lowest BCUT2D eigenvalue weighted by Gasteiger charge is -2.54. The van der Waals surface area contributed by atoms with Gasteiger partial charge in [0, 0.05) is 5.56 Å². The van der Waals surface area contributed by atoms with Gasteiger partial charge in [-0.25, -0.2) is 4.39 Å². The lowest BCUT2D eigenvalue weighted by Crippen LogP contribution is -2.55. The van der Waals surface area contributed by atoms with E-state index < -0.39 is 17.2 Å². The number of carboxylic acids is 1. The number of halogens is 2. The summed E-state index contributed by atoms with van der Waals surface area (Å²) in [5, 5.41) is 9.71. The van der Waals surface area contributed by atoms with Crippen LogP contribution >= 0.6 is 11.6 Å². The first-order chi connectivity index (χ1) is 9.91. The second kappa shape index (κ2) is 5.96. The molecule has 1 aromatic carbocycles. The normalized spacial score (nSPS) is 19.0. The van der Waals surface area contributed by atoms with Gasteiger partial charge < -0.3 is 5.11 Å². The van der Waals surface area contributed by atoms with E-state index >= 15 is 0 Å². The molecule has 116 valence electrons. The fourth-order valence-electron chi connectivity index (χ4n) is 4.10. The van der Waals surface area contributed by atoms with E-state index in [9.17, 15) is 14.3 Å². The zero-order valence-corrected chi connectivity index (χ0v) is 13.3. The van der Waals surface area contributed by atoms with Crippen LogP contribution in [0.15, 0.2) is 18.2 Å². The Hall–Kier alpha value is -1.09. The third kappa shape index (κ3) is 2.68. The number of rotatable bonds is 6. The van der Waals surface area contributed by atoms with E-state index in [2.05, 4.69) is 13.8 Å². The van der Waals surface area contributed by atoms with Gasteiger partial charge in [-0.05, 0) is 37.2 Å². The minimum absolute atomic E-state index is 0.00314. The van der Waals surface area contributed by atoms with Gasteiger partial charge in [-0.3, -0.25) is 4.79 Å². The van der Waals surface area contributed by atoms with Crippen molar-refractivity contribution in [2.24, 2.45) is 5.41 Å². The monoisotopic (exact) mass is 312 g/mol. The van der Waals surface area contributed by atoms with Gasteiger partial charge >= 0.3 is 5.97 Å². The van der Waals surface area contributed by atoms with Crippen LogP contribution in [0.5, 0.6) is 0 Å². The Balaban J connectivity index is 2.38. The van der Waals surface area contributed by atoms with Gasteiger partial charge in [-0.2, -0.15) is 0 Å². The van der Waals surface area contributed by atoms with Crippen LogP contribution in [0.3, 0.4) is 0 Å². The maximum atomic E-state index is 14.3. The van der Waals surface area contributed by atoms with Crippen molar-refractivity contribution in [3.05, 3.63) is 34.6 Å². The van der Waals surface area contributed by atoms with Gasteiger partial charge in [-0.1, -0.05) is 50.4 Å². The molecule has 1 aromatic rings. The molecule has 0 radical (unpaired) electrons. The maximum Gasteiger partial charge on any atom is 0.314 e. The summed E-state index contributed by atoms with van der Waals surface area (Å²) in [6.45, 7) is 4.22. The summed E-state index contributed by atoms with van der Waals surface area (Å²) in [7, 11) is 0. The Morgan fingerprint density at radius 2 is 1.86 bits per heavy atom. The Morgan fingerprint density at radius 1 is 1.29 bits per heavy atom. The van der Waals surface area contributed by atoms with Crippen molar-refractivity contribution in [2.45, 2.75) is 57.8 Å². The summed E-state index contributed by atoms with van der Waals surface area (Å²) in [4.78, 5) is 11.9. The highest BCUT2D eigenvalue weighted by molar-refractivity contribution is 6.30. The quantitative estimate of drug-likeness (QED) is 0.785. The molecule has 0 aromatic heterocycles. The second-order valence-corrected chi connectivity index (χ2v) is 6.75. The molecule has 1 N–H and O–H groups in total. The van der Waals surface area contributed by atoms with Crippen LogP contribution in [0.25, 0.3) is 0 Å². The largest absolute Gasteiger partial charge is 0.481 e. The van der Waals surface area contributed by atoms with Crippen LogP contribution in [-0.2, 0) is 10.2 Å². The number of aliphatic carboxylic acids is 1. The Kier molecular flexibility index (Phi) is 4.62. The summed E-state index contributed by atoms with van der Waals surface area (Å²) < 4.78 is 14.3. The number of carboxylic acid groups (broad SMARTS) is 1. The molecule has 0 unspecified atom stereocenters. The van der Waals surface area contributed by atoms with Crippen LogP contribution < -0.4 is 0 Å². The van der Waals surface area contributed by atoms with Gasteiger partial charge in [-0.15, -0.1) is 0 Å². The maximum absolute atomic E-state index is 14.3. The highest BCUT2D eigenvalue weighted by Crippen LogP contribution is 2.61. The smallest absolute Gasteiger partial charge is 0.314 e. The van der Waals surface area contributed by atoms with Gasteiger partial charge in [0.1, 0.15) is 5.82 Å². The van der Waals surface area contributed by atoms with Crippen molar-refractivity contribution in [1.29, 1.82) is 0 Å². The Morgan fingerprint density at radius 3 is 2.33 bits per heavy atom. The summed E-state index contributed by atoms with van der Waals surface area (Å²) in [6.07, 6.45) is 5.06. The highest BCUT2D eigenvalue weighted by Gasteiger charge is 2.59. The third-order valence-corrected chi connectivity index (χ3v) is 5.08. The predicted molar refractivity (Wildman–Crippen MR) is 82.2 cm³/mol. The molecule has 0 saturated heterocycles. The van der Waals surface area contributed by atoms with E-state index in [0.29, 0.717) is 12.8 Å². The van der Waals surface area contributed by atoms with Crippen molar-refractivity contribution in [3.63, 3.8) is 0 Å². The molecule has 21 heavy (non-hydrogen) atoms. The van der Waals surface area contributed by atoms with E-state index in [1.165, 1.54) is 6.07 Å². The topological polar surface area (TPSA) is 37.3 Å². The lowest BCUT2D eigenvalue weighted by molar-refractivity contribution is -0.156. The molecule has 0 aliphatic heterocycles. The van der Waals surface area contributed by atoms with E-state index in [1.807, 2.05) is 0 Å². The average Bonchev–Trinajstić information content (AvgIpc) is 2.38. The third-order valence-electron chi connectivity index (χ3n) is 4.79. The molecule has 4 heteroatoms. The zero-order chi connectivity index (χ0) is 15.7. The molecule has 0 atom stereocenters. The van der Waals surface area contributed by atoms with Crippen molar-refractivity contribution in [1.82, 2.24) is 0 Å². The van der Waals surface area contributed by atoms with E-state index in [1.54, 1.807) is 12.1 Å². The molecule has 1 fully saturated rings. The molecular formula is C17H22ClFO2. The standard InChI is InChI=1S/C17H22ClFO2/c1-3-8-16(9-4-2)10-17(11-16,15(20)21)12-6-5-7-13(18)14(12)19/h5-7H,3-4,8-11H2,1-2H3,(H,20,21). The molecule has 2 rings (SSSR count). The molecule has 0 heterocycles. The molecule has 1 saturated carbocycles.